The van der Waals surface area contributed by atoms with Crippen molar-refractivity contribution in [3.63, 3.8) is 0 Å². The van der Waals surface area contributed by atoms with Crippen LogP contribution in [-0.4, -0.2) is 49.9 Å². The fraction of sp³-hybridized carbons (Fsp3) is 0.519. The van der Waals surface area contributed by atoms with Crippen molar-refractivity contribution in [2.24, 2.45) is 11.3 Å². The Hall–Kier alpha value is -2.67. The van der Waals surface area contributed by atoms with Gasteiger partial charge in [-0.05, 0) is 87.5 Å². The summed E-state index contributed by atoms with van der Waals surface area (Å²) in [6, 6.07) is 3.31. The summed E-state index contributed by atoms with van der Waals surface area (Å²) in [7, 11) is 1.97. The number of nitrogens with zero attached hydrogens (tertiary/aromatic N) is 1. The van der Waals surface area contributed by atoms with Gasteiger partial charge in [-0.2, -0.15) is 0 Å². The first kappa shape index (κ1) is 27.6. The highest BCUT2D eigenvalue weighted by molar-refractivity contribution is 5.73. The first-order chi connectivity index (χ1) is 16.2. The zero-order valence-corrected chi connectivity index (χ0v) is 20.9. The van der Waals surface area contributed by atoms with E-state index in [1.807, 2.05) is 25.2 Å². The molecule has 1 aromatic rings. The van der Waals surface area contributed by atoms with E-state index >= 15 is 0 Å². The van der Waals surface area contributed by atoms with E-state index in [0.717, 1.165) is 48.4 Å². The van der Waals surface area contributed by atoms with Crippen LogP contribution in [0, 0.1) is 17.2 Å². The average molecular weight is 478 g/mol. The van der Waals surface area contributed by atoms with Crippen LogP contribution in [0.15, 0.2) is 48.3 Å². The predicted molar refractivity (Wildman–Crippen MR) is 130 cm³/mol. The van der Waals surface area contributed by atoms with Crippen LogP contribution in [0.25, 0.3) is 0 Å². The predicted octanol–water partition coefficient (Wildman–Crippen LogP) is 5.87. The van der Waals surface area contributed by atoms with E-state index in [1.54, 1.807) is 19.9 Å². The first-order valence-corrected chi connectivity index (χ1v) is 11.5. The van der Waals surface area contributed by atoms with Crippen molar-refractivity contribution >= 4 is 5.97 Å². The lowest BCUT2D eigenvalue weighted by atomic mass is 9.74. The molecule has 0 saturated carbocycles. The summed E-state index contributed by atoms with van der Waals surface area (Å²) in [5, 5.41) is 9.47. The smallest absolute Gasteiger partial charge is 0.310 e. The molecule has 3 rings (SSSR count). The number of allylic oxidation sites excluding steroid dienone is 4. The number of carboxylic acids is 1. The number of likely N-dealkylation sites (tertiary alicyclic amines) is 1. The van der Waals surface area contributed by atoms with Crippen molar-refractivity contribution in [1.82, 2.24) is 4.90 Å². The molecular weight excluding hydrogens is 440 g/mol. The van der Waals surface area contributed by atoms with Gasteiger partial charge in [0.05, 0.1) is 19.7 Å². The number of hydrogen-bond donors (Lipinski definition) is 1. The Morgan fingerprint density at radius 1 is 1.32 bits per heavy atom. The summed E-state index contributed by atoms with van der Waals surface area (Å²) in [6.07, 6.45) is 7.57. The SMILES string of the molecule is C=C1/C(=C\C=C/C)OCc2cc(F)c(OC)cc2C1C1CCN(CC(C)(C)C(=O)O)CC1.CF. The largest absolute Gasteiger partial charge is 0.494 e. The second-order valence-electron chi connectivity index (χ2n) is 9.34. The number of piperidine rings is 1. The average Bonchev–Trinajstić information content (AvgIpc) is 2.94. The monoisotopic (exact) mass is 477 g/mol. The molecule has 1 saturated heterocycles. The van der Waals surface area contributed by atoms with Crippen LogP contribution in [0.5, 0.6) is 5.75 Å². The number of methoxy groups -OCH3 is 1. The maximum Gasteiger partial charge on any atom is 0.310 e. The summed E-state index contributed by atoms with van der Waals surface area (Å²) in [6.45, 7) is 12.3. The molecule has 2 heterocycles. The maximum absolute atomic E-state index is 14.5. The zero-order valence-electron chi connectivity index (χ0n) is 20.9. The minimum atomic E-state index is -0.785. The molecule has 1 unspecified atom stereocenters. The Morgan fingerprint density at radius 2 is 1.97 bits per heavy atom. The molecule has 1 fully saturated rings. The van der Waals surface area contributed by atoms with Crippen molar-refractivity contribution < 1.29 is 28.2 Å². The lowest BCUT2D eigenvalue weighted by molar-refractivity contribution is -0.148. The van der Waals surface area contributed by atoms with Gasteiger partial charge in [0.15, 0.2) is 11.6 Å². The molecule has 5 nitrogen and oxygen atoms in total. The fourth-order valence-corrected chi connectivity index (χ4v) is 4.72. The molecule has 2 aliphatic rings. The number of alkyl halides is 1. The number of fused-ring (bicyclic) bond motifs is 1. The quantitative estimate of drug-likeness (QED) is 0.555. The molecule has 7 heteroatoms. The van der Waals surface area contributed by atoms with E-state index in [-0.39, 0.29) is 24.2 Å². The molecule has 188 valence electrons. The van der Waals surface area contributed by atoms with Gasteiger partial charge >= 0.3 is 5.97 Å². The van der Waals surface area contributed by atoms with Crippen LogP contribution >= 0.6 is 0 Å². The van der Waals surface area contributed by atoms with Gasteiger partial charge in [-0.1, -0.05) is 18.7 Å². The lowest BCUT2D eigenvalue weighted by Crippen LogP contribution is -2.43. The summed E-state index contributed by atoms with van der Waals surface area (Å²) in [5.74, 6) is 0.0344. The summed E-state index contributed by atoms with van der Waals surface area (Å²) in [4.78, 5) is 13.8. The van der Waals surface area contributed by atoms with Crippen molar-refractivity contribution in [2.75, 3.05) is 33.9 Å². The second-order valence-corrected chi connectivity index (χ2v) is 9.34. The van der Waals surface area contributed by atoms with Crippen LogP contribution in [0.2, 0.25) is 0 Å². The number of ether oxygens (including phenoxy) is 2. The maximum atomic E-state index is 14.5. The van der Waals surface area contributed by atoms with Gasteiger partial charge in [-0.25, -0.2) is 4.39 Å². The molecule has 34 heavy (non-hydrogen) atoms. The minimum absolute atomic E-state index is 0.0202. The minimum Gasteiger partial charge on any atom is -0.494 e. The van der Waals surface area contributed by atoms with Crippen molar-refractivity contribution in [2.45, 2.75) is 46.1 Å². The molecule has 0 amide bonds. The molecule has 0 radical (unpaired) electrons. The summed E-state index contributed by atoms with van der Waals surface area (Å²) >= 11 is 0. The Bertz CT molecular complexity index is 931. The van der Waals surface area contributed by atoms with Crippen molar-refractivity contribution in [3.05, 3.63) is 65.2 Å². The van der Waals surface area contributed by atoms with E-state index in [4.69, 9.17) is 9.47 Å². The Labute approximate surface area is 201 Å². The standard InChI is InChI=1S/C26H34FNO4.CH3F/c1-6-7-8-22-17(2)24(20-14-23(31-5)21(27)13-19(20)15-32-22)18-9-11-28(12-10-18)16-26(3,4)25(29)30;1-2/h6-8,13-14,18,24H,2,9-12,15-16H2,1,3-5H3,(H,29,30);1H3/b7-6-,22-8+;. The summed E-state index contributed by atoms with van der Waals surface area (Å²) < 4.78 is 35.3. The van der Waals surface area contributed by atoms with Crippen LogP contribution in [0.3, 0.4) is 0 Å². The highest BCUT2D eigenvalue weighted by atomic mass is 19.1. The van der Waals surface area contributed by atoms with Gasteiger partial charge in [0.25, 0.3) is 0 Å². The van der Waals surface area contributed by atoms with Gasteiger partial charge in [-0.3, -0.25) is 9.18 Å². The number of halogens is 2. The summed E-state index contributed by atoms with van der Waals surface area (Å²) in [5.41, 5.74) is 1.92. The van der Waals surface area contributed by atoms with E-state index < -0.39 is 17.2 Å². The zero-order chi connectivity index (χ0) is 25.5. The molecule has 1 N–H and O–H groups in total. The van der Waals surface area contributed by atoms with Crippen LogP contribution in [-0.2, 0) is 16.1 Å². The van der Waals surface area contributed by atoms with Gasteiger partial charge in [0.1, 0.15) is 12.4 Å². The van der Waals surface area contributed by atoms with Crippen molar-refractivity contribution in [1.29, 1.82) is 0 Å². The number of carbonyl (C=O) groups is 1. The van der Waals surface area contributed by atoms with Gasteiger partial charge < -0.3 is 19.5 Å². The fourth-order valence-electron chi connectivity index (χ4n) is 4.72. The van der Waals surface area contributed by atoms with E-state index in [1.165, 1.54) is 13.2 Å². The van der Waals surface area contributed by atoms with Crippen LogP contribution in [0.1, 0.15) is 50.7 Å². The Kier molecular flexibility index (Phi) is 9.86. The highest BCUT2D eigenvalue weighted by Crippen LogP contribution is 2.45. The normalized spacial score (nSPS) is 20.9. The lowest BCUT2D eigenvalue weighted by Gasteiger charge is -2.39. The number of benzene rings is 1. The first-order valence-electron chi connectivity index (χ1n) is 11.5. The topological polar surface area (TPSA) is 59.0 Å². The van der Waals surface area contributed by atoms with Gasteiger partial charge in [-0.15, -0.1) is 0 Å². The second kappa shape index (κ2) is 12.2. The molecular formula is C27H37F2NO4. The Balaban J connectivity index is 0.00000199. The molecule has 1 atom stereocenters. The third kappa shape index (κ3) is 6.26. The van der Waals surface area contributed by atoms with E-state index in [2.05, 4.69) is 11.5 Å². The number of rotatable bonds is 6. The van der Waals surface area contributed by atoms with E-state index in [0.29, 0.717) is 13.7 Å². The van der Waals surface area contributed by atoms with E-state index in [9.17, 15) is 18.7 Å². The molecule has 0 aromatic heterocycles. The molecule has 1 aromatic carbocycles. The van der Waals surface area contributed by atoms with Crippen LogP contribution < -0.4 is 4.74 Å². The van der Waals surface area contributed by atoms with Gasteiger partial charge in [0.2, 0.25) is 0 Å². The number of aliphatic carboxylic acids is 1. The molecule has 0 bridgehead atoms. The van der Waals surface area contributed by atoms with Crippen molar-refractivity contribution in [3.8, 4) is 5.75 Å². The van der Waals surface area contributed by atoms with Crippen LogP contribution in [0.4, 0.5) is 8.78 Å². The van der Waals surface area contributed by atoms with Gasteiger partial charge in [0, 0.05) is 12.5 Å². The Morgan fingerprint density at radius 3 is 2.53 bits per heavy atom. The third-order valence-corrected chi connectivity index (χ3v) is 6.57. The molecule has 2 aliphatic heterocycles. The number of hydrogen-bond acceptors (Lipinski definition) is 4. The third-order valence-electron chi connectivity index (χ3n) is 6.57. The molecule has 0 spiro atoms. The highest BCUT2D eigenvalue weighted by Gasteiger charge is 2.37. The molecule has 0 aliphatic carbocycles. The number of carboxylic acid groups (broad SMARTS) is 1.